The maximum Gasteiger partial charge on any atom is 3.00 e. The molecule has 40 heavy (non-hydrogen) atoms. The fourth-order valence-corrected chi connectivity index (χ4v) is 10.5. The van der Waals surface area contributed by atoms with Gasteiger partial charge in [0.05, 0.1) is 0 Å². The Labute approximate surface area is 275 Å². The standard InChI is InChI=1S/C37H45.2ClH.Zr/c1-25(2)29-23-28-24-35(8)33(6)21-14-13-19-31(33,4)32(5)20-15-16-22-34(32,7)37(35,10)36(28,9)26(3)30(29)27-17-11-12-18-27;;;/h11-17,19-24H,18H2,1-10H3;2*1H;/q-1;;;+3/p-2. The van der Waals surface area contributed by atoms with Crippen LogP contribution < -0.4 is 24.8 Å². The van der Waals surface area contributed by atoms with Gasteiger partial charge in [-0.05, 0) is 54.6 Å². The summed E-state index contributed by atoms with van der Waals surface area (Å²) in [6.45, 7) is 25.1. The first-order chi connectivity index (χ1) is 17.2. The van der Waals surface area contributed by atoms with Crippen molar-refractivity contribution < 1.29 is 51.0 Å². The molecule has 0 aromatic rings. The predicted molar refractivity (Wildman–Crippen MR) is 159 cm³/mol. The predicted octanol–water partition coefficient (Wildman–Crippen LogP) is 4.00. The zero-order chi connectivity index (χ0) is 26.9. The Morgan fingerprint density at radius 2 is 1.23 bits per heavy atom. The van der Waals surface area contributed by atoms with E-state index in [1.807, 2.05) is 0 Å². The molecule has 211 valence electrons. The minimum atomic E-state index is -0.107. The number of halogens is 2. The molecule has 0 aromatic heterocycles. The van der Waals surface area contributed by atoms with E-state index in [1.165, 1.54) is 27.9 Å². The molecule has 6 aliphatic rings. The van der Waals surface area contributed by atoms with Crippen molar-refractivity contribution in [2.24, 2.45) is 37.9 Å². The van der Waals surface area contributed by atoms with E-state index >= 15 is 0 Å². The fourth-order valence-electron chi connectivity index (χ4n) is 10.5. The summed E-state index contributed by atoms with van der Waals surface area (Å²) in [7, 11) is 0. The smallest absolute Gasteiger partial charge is 1.00 e. The molecule has 7 atom stereocenters. The number of fused-ring (bicyclic) bond motifs is 8. The maximum absolute atomic E-state index is 2.73. The fraction of sp³-hybridized carbons (Fsp3) is 0.486. The average molecular weight is 652 g/mol. The molecule has 0 N–H and O–H groups in total. The molecule has 0 heterocycles. The van der Waals surface area contributed by atoms with Gasteiger partial charge < -0.3 is 24.8 Å². The molecule has 6 aliphatic carbocycles. The second-order valence-corrected chi connectivity index (χ2v) is 14.2. The van der Waals surface area contributed by atoms with Gasteiger partial charge in [-0.1, -0.05) is 132 Å². The van der Waals surface area contributed by atoms with Crippen LogP contribution in [0.3, 0.4) is 0 Å². The quantitative estimate of drug-likeness (QED) is 0.377. The Morgan fingerprint density at radius 3 is 1.73 bits per heavy atom. The number of rotatable bonds is 1. The van der Waals surface area contributed by atoms with Gasteiger partial charge in [0.1, 0.15) is 0 Å². The molecule has 0 bridgehead atoms. The van der Waals surface area contributed by atoms with E-state index in [1.54, 1.807) is 5.57 Å². The van der Waals surface area contributed by atoms with Gasteiger partial charge in [0, 0.05) is 16.2 Å². The van der Waals surface area contributed by atoms with Crippen molar-refractivity contribution in [1.82, 2.24) is 0 Å². The van der Waals surface area contributed by atoms with Crippen molar-refractivity contribution in [3.8, 4) is 0 Å². The Kier molecular flexibility index (Phi) is 8.17. The van der Waals surface area contributed by atoms with Crippen LogP contribution in [0.2, 0.25) is 0 Å². The van der Waals surface area contributed by atoms with Crippen LogP contribution in [0.15, 0.2) is 106 Å². The van der Waals surface area contributed by atoms with Crippen molar-refractivity contribution in [2.75, 3.05) is 0 Å². The van der Waals surface area contributed by atoms with Crippen LogP contribution in [-0.2, 0) is 26.2 Å². The summed E-state index contributed by atoms with van der Waals surface area (Å²) >= 11 is 0. The van der Waals surface area contributed by atoms with E-state index in [9.17, 15) is 0 Å². The Bertz CT molecular complexity index is 1410. The Hall–Kier alpha value is -1.01. The summed E-state index contributed by atoms with van der Waals surface area (Å²) in [5.74, 6) is 0. The van der Waals surface area contributed by atoms with Crippen molar-refractivity contribution in [1.29, 1.82) is 0 Å². The minimum Gasteiger partial charge on any atom is -1.00 e. The molecule has 7 unspecified atom stereocenters. The van der Waals surface area contributed by atoms with Crippen LogP contribution in [0, 0.1) is 44.3 Å². The Morgan fingerprint density at radius 1 is 0.725 bits per heavy atom. The summed E-state index contributed by atoms with van der Waals surface area (Å²) in [5, 5.41) is 0. The number of hydrogen-bond acceptors (Lipinski definition) is 0. The molecule has 0 aromatic carbocycles. The van der Waals surface area contributed by atoms with Crippen molar-refractivity contribution in [3.63, 3.8) is 0 Å². The van der Waals surface area contributed by atoms with Crippen LogP contribution in [0.1, 0.15) is 75.7 Å². The van der Waals surface area contributed by atoms with E-state index in [0.29, 0.717) is 0 Å². The number of hydrogen-bond donors (Lipinski definition) is 0. The zero-order valence-electron chi connectivity index (χ0n) is 26.0. The van der Waals surface area contributed by atoms with Crippen LogP contribution in [0.25, 0.3) is 0 Å². The first kappa shape index (κ1) is 33.5. The zero-order valence-corrected chi connectivity index (χ0v) is 29.9. The van der Waals surface area contributed by atoms with Gasteiger partial charge in [-0.3, -0.25) is 0 Å². The molecule has 1 radical (unpaired) electrons. The second-order valence-electron chi connectivity index (χ2n) is 14.2. The van der Waals surface area contributed by atoms with Gasteiger partial charge in [-0.15, -0.1) is 5.57 Å². The molecule has 6 rings (SSSR count). The molecule has 0 amide bonds. The minimum absolute atomic E-state index is 0. The van der Waals surface area contributed by atoms with Gasteiger partial charge in [-0.25, -0.2) is 12.0 Å². The molecule has 2 fully saturated rings. The largest absolute Gasteiger partial charge is 3.00 e. The van der Waals surface area contributed by atoms with Crippen molar-refractivity contribution in [3.05, 3.63) is 113 Å². The van der Waals surface area contributed by atoms with E-state index in [0.717, 1.165) is 6.42 Å². The first-order valence-electron chi connectivity index (χ1n) is 14.3. The van der Waals surface area contributed by atoms with Gasteiger partial charge in [0.2, 0.25) is 0 Å². The first-order valence-corrected chi connectivity index (χ1v) is 14.3. The van der Waals surface area contributed by atoms with Gasteiger partial charge in [0.25, 0.3) is 0 Å². The Balaban J connectivity index is 0.00000147. The summed E-state index contributed by atoms with van der Waals surface area (Å²) in [6, 6.07) is 0. The summed E-state index contributed by atoms with van der Waals surface area (Å²) < 4.78 is 0. The topological polar surface area (TPSA) is 0 Å². The van der Waals surface area contributed by atoms with E-state index in [4.69, 9.17) is 0 Å². The molecule has 0 nitrogen and oxygen atoms in total. The molecule has 0 spiro atoms. The van der Waals surface area contributed by atoms with Crippen LogP contribution in [0.4, 0.5) is 0 Å². The third kappa shape index (κ3) is 3.12. The van der Waals surface area contributed by atoms with Gasteiger partial charge in [0.15, 0.2) is 0 Å². The maximum atomic E-state index is 2.73. The monoisotopic (exact) mass is 649 g/mol. The molecule has 0 aliphatic heterocycles. The molecule has 3 heteroatoms. The summed E-state index contributed by atoms with van der Waals surface area (Å²) in [6.07, 6.45) is 32.8. The van der Waals surface area contributed by atoms with E-state index < -0.39 is 0 Å². The molecular weight excluding hydrogens is 607 g/mol. The average Bonchev–Trinajstić information content (AvgIpc) is 3.44. The van der Waals surface area contributed by atoms with Crippen LogP contribution in [0.5, 0.6) is 0 Å². The van der Waals surface area contributed by atoms with E-state index in [2.05, 4.69) is 149 Å². The molecule has 0 saturated heterocycles. The summed E-state index contributed by atoms with van der Waals surface area (Å²) in [5.41, 5.74) is 8.37. The number of allylic oxidation sites excluding steroid dienone is 18. The second kappa shape index (κ2) is 9.76. The van der Waals surface area contributed by atoms with Gasteiger partial charge >= 0.3 is 26.2 Å². The molecular formula is C37H45Cl2Zr. The SMILES string of the molecule is CC(C)=C1C=C2[CH-]C3(C)C4(C)C=CC=CC4(C)C4(C)C=CC=CC4(C)C3(C)C2(C)C(C)=C1C1=CC=CC1.[Cl-].[Cl-].[Zr+3]. The summed E-state index contributed by atoms with van der Waals surface area (Å²) in [4.78, 5) is 0. The third-order valence-electron chi connectivity index (χ3n) is 13.7. The van der Waals surface area contributed by atoms with Crippen LogP contribution >= 0.6 is 0 Å². The normalized spacial score (nSPS) is 45.1. The van der Waals surface area contributed by atoms with Crippen molar-refractivity contribution in [2.45, 2.75) is 75.7 Å². The molecule has 2 saturated carbocycles. The third-order valence-corrected chi connectivity index (χ3v) is 13.7. The van der Waals surface area contributed by atoms with Crippen LogP contribution in [-0.4, -0.2) is 0 Å². The van der Waals surface area contributed by atoms with Crippen molar-refractivity contribution >= 4 is 0 Å². The van der Waals surface area contributed by atoms with Gasteiger partial charge in [-0.2, -0.15) is 6.08 Å². The van der Waals surface area contributed by atoms with E-state index in [-0.39, 0.29) is 88.9 Å².